The van der Waals surface area contributed by atoms with Crippen molar-refractivity contribution in [2.24, 2.45) is 0 Å². The van der Waals surface area contributed by atoms with Gasteiger partial charge in [0.15, 0.2) is 0 Å². The first-order chi connectivity index (χ1) is 13.8. The second-order valence-electron chi connectivity index (χ2n) is 7.43. The summed E-state index contributed by atoms with van der Waals surface area (Å²) in [4.78, 5) is 16.0. The lowest BCUT2D eigenvalue weighted by Crippen LogP contribution is -2.20. The molecule has 1 saturated heterocycles. The van der Waals surface area contributed by atoms with E-state index in [-0.39, 0.29) is 0 Å². The normalized spacial score (nSPS) is 17.2. The summed E-state index contributed by atoms with van der Waals surface area (Å²) < 4.78 is 0. The number of fused-ring (bicyclic) bond motifs is 1. The number of hydrogen-bond donors (Lipinski definition) is 0. The van der Waals surface area contributed by atoms with E-state index in [9.17, 15) is 0 Å². The Bertz CT molecular complexity index is 1090. The zero-order valence-electron chi connectivity index (χ0n) is 15.7. The highest BCUT2D eigenvalue weighted by Gasteiger charge is 2.24. The molecule has 0 amide bonds. The Hall–Kier alpha value is -3.11. The van der Waals surface area contributed by atoms with E-state index < -0.39 is 0 Å². The third kappa shape index (κ3) is 3.51. The van der Waals surface area contributed by atoms with Crippen LogP contribution in [0.3, 0.4) is 0 Å². The van der Waals surface area contributed by atoms with Crippen molar-refractivity contribution in [1.82, 2.24) is 19.9 Å². The van der Waals surface area contributed by atoms with Crippen LogP contribution in [0.1, 0.15) is 23.6 Å². The lowest BCUT2D eigenvalue weighted by atomic mass is 9.97. The number of likely N-dealkylation sites (tertiary alicyclic amines) is 1. The van der Waals surface area contributed by atoms with Crippen LogP contribution < -0.4 is 0 Å². The molecule has 4 heterocycles. The number of hydrogen-bond acceptors (Lipinski definition) is 4. The van der Waals surface area contributed by atoms with Crippen molar-refractivity contribution in [3.05, 3.63) is 90.5 Å². The number of rotatable bonds is 4. The van der Waals surface area contributed by atoms with E-state index >= 15 is 0 Å². The Balaban J connectivity index is 1.30. The molecule has 1 fully saturated rings. The number of aromatic nitrogens is 3. The molecular weight excluding hydrogens is 344 g/mol. The van der Waals surface area contributed by atoms with Crippen molar-refractivity contribution >= 4 is 10.9 Å². The van der Waals surface area contributed by atoms with Crippen LogP contribution in [0.15, 0.2) is 79.3 Å². The van der Waals surface area contributed by atoms with E-state index in [4.69, 9.17) is 4.98 Å². The molecule has 1 atom stereocenters. The van der Waals surface area contributed by atoms with Crippen LogP contribution in [0.5, 0.6) is 0 Å². The standard InChI is InChI=1S/C24H22N4/c1-2-4-23-18(3-1)5-6-22(27-23)17-28-14-10-21(16-28)20-9-13-26-24(15-20)19-7-11-25-12-8-19/h1-9,11-13,15,21H,10,14,16-17H2/t21-/m0/s1. The Morgan fingerprint density at radius 1 is 0.929 bits per heavy atom. The number of para-hydroxylation sites is 1. The van der Waals surface area contributed by atoms with E-state index in [1.807, 2.05) is 30.7 Å². The number of benzene rings is 1. The van der Waals surface area contributed by atoms with Gasteiger partial charge < -0.3 is 0 Å². The van der Waals surface area contributed by atoms with Crippen molar-refractivity contribution in [2.45, 2.75) is 18.9 Å². The topological polar surface area (TPSA) is 41.9 Å². The zero-order valence-corrected chi connectivity index (χ0v) is 15.7. The molecule has 0 spiro atoms. The highest BCUT2D eigenvalue weighted by molar-refractivity contribution is 5.78. The minimum Gasteiger partial charge on any atom is -0.297 e. The fraction of sp³-hybridized carbons (Fsp3) is 0.208. The molecule has 0 saturated carbocycles. The fourth-order valence-electron chi connectivity index (χ4n) is 4.06. The van der Waals surface area contributed by atoms with E-state index in [2.05, 4.69) is 63.4 Å². The second-order valence-corrected chi connectivity index (χ2v) is 7.43. The van der Waals surface area contributed by atoms with Gasteiger partial charge in [0.2, 0.25) is 0 Å². The Morgan fingerprint density at radius 2 is 1.82 bits per heavy atom. The monoisotopic (exact) mass is 366 g/mol. The summed E-state index contributed by atoms with van der Waals surface area (Å²) in [6.45, 7) is 3.07. The van der Waals surface area contributed by atoms with Gasteiger partial charge in [-0.2, -0.15) is 0 Å². The van der Waals surface area contributed by atoms with E-state index in [0.29, 0.717) is 5.92 Å². The smallest absolute Gasteiger partial charge is 0.0705 e. The van der Waals surface area contributed by atoms with Gasteiger partial charge in [-0.25, -0.2) is 0 Å². The average molecular weight is 366 g/mol. The van der Waals surface area contributed by atoms with Crippen LogP contribution in [0.4, 0.5) is 0 Å². The first-order valence-electron chi connectivity index (χ1n) is 9.78. The Kier molecular flexibility index (Phi) is 4.55. The molecule has 1 aromatic carbocycles. The van der Waals surface area contributed by atoms with Crippen LogP contribution in [-0.4, -0.2) is 32.9 Å². The second kappa shape index (κ2) is 7.49. The molecule has 0 bridgehead atoms. The predicted octanol–water partition coefficient (Wildman–Crippen LogP) is 4.68. The van der Waals surface area contributed by atoms with Gasteiger partial charge in [0.05, 0.1) is 16.9 Å². The van der Waals surface area contributed by atoms with Gasteiger partial charge in [-0.05, 0) is 60.8 Å². The Morgan fingerprint density at radius 3 is 2.75 bits per heavy atom. The van der Waals surface area contributed by atoms with Crippen molar-refractivity contribution in [3.8, 4) is 11.3 Å². The van der Waals surface area contributed by atoms with Gasteiger partial charge in [0, 0.05) is 42.6 Å². The van der Waals surface area contributed by atoms with Crippen LogP contribution >= 0.6 is 0 Å². The molecule has 1 aliphatic heterocycles. The summed E-state index contributed by atoms with van der Waals surface area (Å²) in [6, 6.07) is 21.1. The minimum absolute atomic E-state index is 0.545. The maximum atomic E-state index is 4.83. The summed E-state index contributed by atoms with van der Waals surface area (Å²) in [5, 5.41) is 1.20. The molecule has 0 aliphatic carbocycles. The molecule has 4 nitrogen and oxygen atoms in total. The van der Waals surface area contributed by atoms with Gasteiger partial charge in [0.1, 0.15) is 0 Å². The SMILES string of the molecule is c1ccc2nc(CN3CC[C@H](c4ccnc(-c5ccncc5)c4)C3)ccc2c1. The van der Waals surface area contributed by atoms with E-state index in [1.165, 1.54) is 17.4 Å². The van der Waals surface area contributed by atoms with Crippen LogP contribution in [-0.2, 0) is 6.54 Å². The van der Waals surface area contributed by atoms with Crippen LogP contribution in [0.2, 0.25) is 0 Å². The van der Waals surface area contributed by atoms with Crippen molar-refractivity contribution in [2.75, 3.05) is 13.1 Å². The zero-order chi connectivity index (χ0) is 18.8. The molecule has 4 aromatic rings. The molecule has 1 aliphatic rings. The van der Waals surface area contributed by atoms with Crippen LogP contribution in [0.25, 0.3) is 22.2 Å². The Labute approximate surface area is 164 Å². The lowest BCUT2D eigenvalue weighted by Gasteiger charge is -2.16. The summed E-state index contributed by atoms with van der Waals surface area (Å²) in [7, 11) is 0. The largest absolute Gasteiger partial charge is 0.297 e. The van der Waals surface area contributed by atoms with Crippen molar-refractivity contribution in [3.63, 3.8) is 0 Å². The first kappa shape index (κ1) is 17.0. The van der Waals surface area contributed by atoms with Crippen molar-refractivity contribution in [1.29, 1.82) is 0 Å². The quantitative estimate of drug-likeness (QED) is 0.526. The molecule has 5 rings (SSSR count). The molecule has 4 heteroatoms. The maximum absolute atomic E-state index is 4.83. The van der Waals surface area contributed by atoms with Crippen molar-refractivity contribution < 1.29 is 0 Å². The highest BCUT2D eigenvalue weighted by atomic mass is 15.1. The summed E-state index contributed by atoms with van der Waals surface area (Å²) in [5.74, 6) is 0.545. The number of pyridine rings is 3. The lowest BCUT2D eigenvalue weighted by molar-refractivity contribution is 0.323. The van der Waals surface area contributed by atoms with Crippen LogP contribution in [0, 0.1) is 0 Å². The average Bonchev–Trinajstić information content (AvgIpc) is 3.23. The predicted molar refractivity (Wildman–Crippen MR) is 112 cm³/mol. The summed E-state index contributed by atoms with van der Waals surface area (Å²) in [6.07, 6.45) is 6.74. The summed E-state index contributed by atoms with van der Waals surface area (Å²) in [5.41, 5.74) is 5.73. The molecule has 0 unspecified atom stereocenters. The number of nitrogens with zero attached hydrogens (tertiary/aromatic N) is 4. The third-order valence-electron chi connectivity index (χ3n) is 5.55. The first-order valence-corrected chi connectivity index (χ1v) is 9.78. The van der Waals surface area contributed by atoms with E-state index in [1.54, 1.807) is 0 Å². The maximum Gasteiger partial charge on any atom is 0.0705 e. The molecular formula is C24H22N4. The minimum atomic E-state index is 0.545. The third-order valence-corrected chi connectivity index (χ3v) is 5.55. The van der Waals surface area contributed by atoms with Gasteiger partial charge in [0.25, 0.3) is 0 Å². The highest BCUT2D eigenvalue weighted by Crippen LogP contribution is 2.30. The van der Waals surface area contributed by atoms with Gasteiger partial charge in [-0.1, -0.05) is 24.3 Å². The molecule has 138 valence electrons. The molecule has 0 radical (unpaired) electrons. The van der Waals surface area contributed by atoms with Gasteiger partial charge in [-0.3, -0.25) is 19.9 Å². The fourth-order valence-corrected chi connectivity index (χ4v) is 4.06. The molecule has 28 heavy (non-hydrogen) atoms. The summed E-state index contributed by atoms with van der Waals surface area (Å²) >= 11 is 0. The van der Waals surface area contributed by atoms with Gasteiger partial charge in [-0.15, -0.1) is 0 Å². The van der Waals surface area contributed by atoms with E-state index in [0.717, 1.165) is 42.1 Å². The molecule has 0 N–H and O–H groups in total. The van der Waals surface area contributed by atoms with Gasteiger partial charge >= 0.3 is 0 Å². The molecule has 3 aromatic heterocycles.